The highest BCUT2D eigenvalue weighted by atomic mass is 16.5. The average Bonchev–Trinajstić information content (AvgIpc) is 3.11. The molecule has 2 fully saturated rings. The molecule has 2 aliphatic rings. The number of methoxy groups -OCH3 is 1. The Morgan fingerprint density at radius 2 is 1.92 bits per heavy atom. The first-order valence-corrected chi connectivity index (χ1v) is 9.90. The molecule has 2 saturated heterocycles. The minimum atomic E-state index is 0.627. The largest absolute Gasteiger partial charge is 0.385 e. The van der Waals surface area contributed by atoms with Gasteiger partial charge in [0, 0.05) is 44.3 Å². The molecule has 0 radical (unpaired) electrons. The van der Waals surface area contributed by atoms with E-state index < -0.39 is 0 Å². The molecule has 3 heterocycles. The normalized spacial score (nSPS) is 27.8. The van der Waals surface area contributed by atoms with E-state index in [-0.39, 0.29) is 0 Å². The zero-order chi connectivity index (χ0) is 17.2. The Bertz CT molecular complexity index is 683. The van der Waals surface area contributed by atoms with Crippen molar-refractivity contribution in [2.24, 2.45) is 11.8 Å². The second-order valence-corrected chi connectivity index (χ2v) is 8.19. The number of hydrogen-bond donors (Lipinski definition) is 0. The van der Waals surface area contributed by atoms with Crippen LogP contribution in [0, 0.1) is 11.8 Å². The summed E-state index contributed by atoms with van der Waals surface area (Å²) in [6.07, 6.45) is 8.77. The number of benzene rings is 1. The molecular formula is C21H31N3O. The van der Waals surface area contributed by atoms with E-state index in [2.05, 4.69) is 45.9 Å². The van der Waals surface area contributed by atoms with Crippen LogP contribution in [-0.4, -0.2) is 47.0 Å². The maximum absolute atomic E-state index is 5.30. The van der Waals surface area contributed by atoms with Gasteiger partial charge in [0.15, 0.2) is 0 Å². The summed E-state index contributed by atoms with van der Waals surface area (Å²) in [5.41, 5.74) is 1.26. The second kappa shape index (κ2) is 7.46. The van der Waals surface area contributed by atoms with Gasteiger partial charge in [0.2, 0.25) is 0 Å². The summed E-state index contributed by atoms with van der Waals surface area (Å²) in [5, 5.41) is 5.86. The van der Waals surface area contributed by atoms with Gasteiger partial charge in [-0.05, 0) is 50.0 Å². The Balaban J connectivity index is 1.36. The minimum absolute atomic E-state index is 0.627. The molecule has 0 spiro atoms. The fraction of sp³-hybridized carbons (Fsp3) is 0.667. The quantitative estimate of drug-likeness (QED) is 0.764. The highest BCUT2D eigenvalue weighted by molar-refractivity contribution is 5.78. The van der Waals surface area contributed by atoms with E-state index >= 15 is 0 Å². The summed E-state index contributed by atoms with van der Waals surface area (Å²) in [5.74, 6) is 1.50. The molecule has 0 N–H and O–H groups in total. The molecule has 0 aliphatic carbocycles. The van der Waals surface area contributed by atoms with Crippen molar-refractivity contribution >= 4 is 10.9 Å². The van der Waals surface area contributed by atoms with Crippen LogP contribution in [0.4, 0.5) is 0 Å². The molecule has 2 aromatic rings. The van der Waals surface area contributed by atoms with Crippen LogP contribution < -0.4 is 0 Å². The van der Waals surface area contributed by atoms with Crippen molar-refractivity contribution in [1.29, 1.82) is 0 Å². The van der Waals surface area contributed by atoms with Crippen molar-refractivity contribution in [3.8, 4) is 0 Å². The molecule has 1 aromatic carbocycles. The van der Waals surface area contributed by atoms with Gasteiger partial charge in [-0.3, -0.25) is 9.58 Å². The molecule has 4 heteroatoms. The van der Waals surface area contributed by atoms with Crippen molar-refractivity contribution in [2.75, 3.05) is 20.3 Å². The number of rotatable bonds is 7. The zero-order valence-electron chi connectivity index (χ0n) is 15.6. The molecule has 2 aliphatic heterocycles. The average molecular weight is 341 g/mol. The first-order chi connectivity index (χ1) is 12.2. The third kappa shape index (κ3) is 3.61. The maximum Gasteiger partial charge on any atom is 0.0682 e. The molecular weight excluding hydrogens is 310 g/mol. The monoisotopic (exact) mass is 341 g/mol. The Kier molecular flexibility index (Phi) is 5.09. The Hall–Kier alpha value is -1.39. The lowest BCUT2D eigenvalue weighted by Crippen LogP contribution is -2.45. The number of fused-ring (bicyclic) bond motifs is 3. The third-order valence-electron chi connectivity index (χ3n) is 6.27. The first kappa shape index (κ1) is 17.0. The summed E-state index contributed by atoms with van der Waals surface area (Å²) in [4.78, 5) is 2.82. The van der Waals surface area contributed by atoms with Crippen LogP contribution in [0.5, 0.6) is 0 Å². The van der Waals surface area contributed by atoms with E-state index in [1.54, 1.807) is 0 Å². The van der Waals surface area contributed by atoms with E-state index in [1.807, 2.05) is 13.3 Å². The second-order valence-electron chi connectivity index (χ2n) is 8.19. The molecule has 136 valence electrons. The number of piperidine rings is 1. The van der Waals surface area contributed by atoms with Crippen LogP contribution in [0.15, 0.2) is 30.5 Å². The smallest absolute Gasteiger partial charge is 0.0682 e. The van der Waals surface area contributed by atoms with Crippen LogP contribution in [0.2, 0.25) is 0 Å². The van der Waals surface area contributed by atoms with Crippen molar-refractivity contribution in [2.45, 2.75) is 57.7 Å². The van der Waals surface area contributed by atoms with E-state index in [0.717, 1.165) is 31.2 Å². The predicted octanol–water partition coefficient (Wildman–Crippen LogP) is 3.95. The molecule has 1 aromatic heterocycles. The first-order valence-electron chi connectivity index (χ1n) is 9.90. The van der Waals surface area contributed by atoms with Gasteiger partial charge in [-0.1, -0.05) is 25.1 Å². The van der Waals surface area contributed by atoms with E-state index in [9.17, 15) is 0 Å². The van der Waals surface area contributed by atoms with Crippen LogP contribution in [0.3, 0.4) is 0 Å². The van der Waals surface area contributed by atoms with Crippen molar-refractivity contribution in [1.82, 2.24) is 14.7 Å². The molecule has 4 rings (SSSR count). The number of aromatic nitrogens is 2. The topological polar surface area (TPSA) is 30.3 Å². The molecule has 4 nitrogen and oxygen atoms in total. The summed E-state index contributed by atoms with van der Waals surface area (Å²) in [6, 6.07) is 10.1. The van der Waals surface area contributed by atoms with E-state index in [0.29, 0.717) is 5.92 Å². The van der Waals surface area contributed by atoms with Gasteiger partial charge in [0.1, 0.15) is 0 Å². The van der Waals surface area contributed by atoms with Crippen LogP contribution in [-0.2, 0) is 11.3 Å². The molecule has 2 bridgehead atoms. The lowest BCUT2D eigenvalue weighted by atomic mass is 9.88. The molecule has 0 saturated carbocycles. The fourth-order valence-electron chi connectivity index (χ4n) is 5.09. The Morgan fingerprint density at radius 1 is 1.16 bits per heavy atom. The maximum atomic E-state index is 5.30. The standard InChI is InChI=1S/C21H31N3O/c1-16(15-24-21-6-4-3-5-18(21)13-22-24)14-23-19-7-8-20(23)12-17(11-19)9-10-25-2/h3-6,13,16-17,19-20H,7-12,14-15H2,1-2H3/t16-,19-,20-/m1/s1. The highest BCUT2D eigenvalue weighted by Crippen LogP contribution is 2.40. The van der Waals surface area contributed by atoms with Gasteiger partial charge in [-0.25, -0.2) is 0 Å². The third-order valence-corrected chi connectivity index (χ3v) is 6.27. The lowest BCUT2D eigenvalue weighted by Gasteiger charge is -2.40. The predicted molar refractivity (Wildman–Crippen MR) is 102 cm³/mol. The molecule has 3 atom stereocenters. The summed E-state index contributed by atoms with van der Waals surface area (Å²) in [7, 11) is 1.82. The number of nitrogens with zero attached hydrogens (tertiary/aromatic N) is 3. The summed E-state index contributed by atoms with van der Waals surface area (Å²) < 4.78 is 7.49. The fourth-order valence-corrected chi connectivity index (χ4v) is 5.09. The number of para-hydroxylation sites is 1. The van der Waals surface area contributed by atoms with Crippen molar-refractivity contribution < 1.29 is 4.74 Å². The SMILES string of the molecule is COCCC1C[C@H]2CC[C@H](C1)N2C[C@@H](C)Cn1ncc2ccccc21. The van der Waals surface area contributed by atoms with Crippen LogP contribution in [0.25, 0.3) is 10.9 Å². The highest BCUT2D eigenvalue weighted by Gasteiger charge is 2.40. The number of ether oxygens (including phenoxy) is 1. The van der Waals surface area contributed by atoms with Crippen LogP contribution in [0.1, 0.15) is 39.0 Å². The van der Waals surface area contributed by atoms with Gasteiger partial charge in [0.25, 0.3) is 0 Å². The van der Waals surface area contributed by atoms with E-state index in [4.69, 9.17) is 4.74 Å². The molecule has 0 unspecified atom stereocenters. The summed E-state index contributed by atoms with van der Waals surface area (Å²) >= 11 is 0. The van der Waals surface area contributed by atoms with Crippen molar-refractivity contribution in [3.05, 3.63) is 30.5 Å². The van der Waals surface area contributed by atoms with E-state index in [1.165, 1.54) is 49.6 Å². The molecule has 25 heavy (non-hydrogen) atoms. The Morgan fingerprint density at radius 3 is 2.68 bits per heavy atom. The summed E-state index contributed by atoms with van der Waals surface area (Å²) in [6.45, 7) is 5.52. The van der Waals surface area contributed by atoms with Gasteiger partial charge in [-0.2, -0.15) is 5.10 Å². The van der Waals surface area contributed by atoms with Gasteiger partial charge in [0.05, 0.1) is 11.7 Å². The minimum Gasteiger partial charge on any atom is -0.385 e. The van der Waals surface area contributed by atoms with Gasteiger partial charge < -0.3 is 4.74 Å². The zero-order valence-corrected chi connectivity index (χ0v) is 15.6. The number of hydrogen-bond acceptors (Lipinski definition) is 3. The van der Waals surface area contributed by atoms with Crippen molar-refractivity contribution in [3.63, 3.8) is 0 Å². The van der Waals surface area contributed by atoms with Gasteiger partial charge >= 0.3 is 0 Å². The van der Waals surface area contributed by atoms with Crippen LogP contribution >= 0.6 is 0 Å². The molecule has 0 amide bonds. The van der Waals surface area contributed by atoms with Gasteiger partial charge in [-0.15, -0.1) is 0 Å². The Labute approximate surface area is 151 Å². The lowest BCUT2D eigenvalue weighted by molar-refractivity contribution is 0.0700.